The van der Waals surface area contributed by atoms with E-state index in [1.807, 2.05) is 7.11 Å². The third kappa shape index (κ3) is 2.71. The molecule has 0 spiro atoms. The molecule has 2 aliphatic rings. The zero-order valence-electron chi connectivity index (χ0n) is 9.82. The molecule has 15 heavy (non-hydrogen) atoms. The second-order valence-electron chi connectivity index (χ2n) is 4.99. The number of likely N-dealkylation sites (tertiary alicyclic amines) is 1. The van der Waals surface area contributed by atoms with Gasteiger partial charge in [0.2, 0.25) is 0 Å². The van der Waals surface area contributed by atoms with E-state index in [9.17, 15) is 0 Å². The predicted molar refractivity (Wildman–Crippen MR) is 61.8 cm³/mol. The first-order valence-corrected chi connectivity index (χ1v) is 6.33. The first kappa shape index (κ1) is 11.4. The Balaban J connectivity index is 1.83. The van der Waals surface area contributed by atoms with Gasteiger partial charge in [-0.1, -0.05) is 12.8 Å². The molecule has 1 saturated carbocycles. The molecule has 0 radical (unpaired) electrons. The summed E-state index contributed by atoms with van der Waals surface area (Å²) in [6.45, 7) is 2.35. The van der Waals surface area contributed by atoms with Crippen molar-refractivity contribution in [3.05, 3.63) is 0 Å². The Hall–Kier alpha value is -0.120. The highest BCUT2D eigenvalue weighted by atomic mass is 16.5. The maximum Gasteiger partial charge on any atom is 0.0595 e. The summed E-state index contributed by atoms with van der Waals surface area (Å²) < 4.78 is 5.40. The number of piperidine rings is 1. The van der Waals surface area contributed by atoms with Gasteiger partial charge < -0.3 is 10.5 Å². The predicted octanol–water partition coefficient (Wildman–Crippen LogP) is 1.37. The summed E-state index contributed by atoms with van der Waals surface area (Å²) in [7, 11) is 1.83. The van der Waals surface area contributed by atoms with E-state index in [0.717, 1.165) is 0 Å². The third-order valence-corrected chi connectivity index (χ3v) is 4.06. The minimum atomic E-state index is 0.415. The lowest BCUT2D eigenvalue weighted by atomic mass is 9.88. The van der Waals surface area contributed by atoms with Crippen LogP contribution in [0.4, 0.5) is 0 Å². The van der Waals surface area contributed by atoms with Gasteiger partial charge >= 0.3 is 0 Å². The molecule has 2 fully saturated rings. The van der Waals surface area contributed by atoms with Gasteiger partial charge in [-0.05, 0) is 25.7 Å². The van der Waals surface area contributed by atoms with Gasteiger partial charge in [0, 0.05) is 32.3 Å². The molecule has 0 aromatic carbocycles. The van der Waals surface area contributed by atoms with Crippen LogP contribution in [0.15, 0.2) is 0 Å². The first-order chi connectivity index (χ1) is 7.31. The van der Waals surface area contributed by atoms with Gasteiger partial charge in [-0.2, -0.15) is 0 Å². The van der Waals surface area contributed by atoms with Crippen LogP contribution in [0.2, 0.25) is 0 Å². The van der Waals surface area contributed by atoms with Gasteiger partial charge in [0.25, 0.3) is 0 Å². The minimum Gasteiger partial charge on any atom is -0.381 e. The fourth-order valence-electron chi connectivity index (χ4n) is 3.04. The SMILES string of the molecule is COC1CCN([C@H]2CCCC[C@H]2N)CC1. The molecule has 0 amide bonds. The van der Waals surface area contributed by atoms with Gasteiger partial charge in [-0.25, -0.2) is 0 Å². The smallest absolute Gasteiger partial charge is 0.0595 e. The summed E-state index contributed by atoms with van der Waals surface area (Å²) in [4.78, 5) is 2.60. The molecule has 1 aliphatic heterocycles. The number of ether oxygens (including phenoxy) is 1. The number of methoxy groups -OCH3 is 1. The molecular weight excluding hydrogens is 188 g/mol. The van der Waals surface area contributed by atoms with E-state index in [0.29, 0.717) is 18.2 Å². The van der Waals surface area contributed by atoms with Crippen molar-refractivity contribution in [1.29, 1.82) is 0 Å². The van der Waals surface area contributed by atoms with Gasteiger partial charge in [0.15, 0.2) is 0 Å². The zero-order chi connectivity index (χ0) is 10.7. The molecular formula is C12H24N2O. The maximum atomic E-state index is 6.20. The van der Waals surface area contributed by atoms with Crippen LogP contribution in [0.25, 0.3) is 0 Å². The topological polar surface area (TPSA) is 38.5 Å². The molecule has 2 atom stereocenters. The average Bonchev–Trinajstić information content (AvgIpc) is 2.30. The Kier molecular flexibility index (Phi) is 4.00. The molecule has 1 aliphatic carbocycles. The Morgan fingerprint density at radius 1 is 1.07 bits per heavy atom. The van der Waals surface area contributed by atoms with E-state index in [1.165, 1.54) is 51.6 Å². The number of nitrogens with zero attached hydrogens (tertiary/aromatic N) is 1. The lowest BCUT2D eigenvalue weighted by Gasteiger charge is -2.41. The second kappa shape index (κ2) is 5.28. The molecule has 0 bridgehead atoms. The molecule has 3 nitrogen and oxygen atoms in total. The largest absolute Gasteiger partial charge is 0.381 e. The van der Waals surface area contributed by atoms with E-state index in [-0.39, 0.29) is 0 Å². The minimum absolute atomic E-state index is 0.415. The van der Waals surface area contributed by atoms with Crippen LogP contribution in [0, 0.1) is 0 Å². The molecule has 1 heterocycles. The summed E-state index contributed by atoms with van der Waals surface area (Å²) in [6.07, 6.45) is 8.06. The van der Waals surface area contributed by atoms with Crippen molar-refractivity contribution in [2.45, 2.75) is 56.7 Å². The van der Waals surface area contributed by atoms with Crippen molar-refractivity contribution in [3.8, 4) is 0 Å². The van der Waals surface area contributed by atoms with Crippen LogP contribution in [-0.4, -0.2) is 43.3 Å². The third-order valence-electron chi connectivity index (χ3n) is 4.06. The Morgan fingerprint density at radius 2 is 1.73 bits per heavy atom. The van der Waals surface area contributed by atoms with Crippen molar-refractivity contribution in [1.82, 2.24) is 4.90 Å². The highest BCUT2D eigenvalue weighted by Crippen LogP contribution is 2.25. The molecule has 0 aromatic rings. The molecule has 0 unspecified atom stereocenters. The van der Waals surface area contributed by atoms with Crippen molar-refractivity contribution >= 4 is 0 Å². The van der Waals surface area contributed by atoms with Crippen molar-refractivity contribution in [2.75, 3.05) is 20.2 Å². The number of hydrogen-bond donors (Lipinski definition) is 1. The van der Waals surface area contributed by atoms with Crippen LogP contribution < -0.4 is 5.73 Å². The highest BCUT2D eigenvalue weighted by molar-refractivity contribution is 4.88. The van der Waals surface area contributed by atoms with E-state index in [2.05, 4.69) is 4.90 Å². The van der Waals surface area contributed by atoms with Gasteiger partial charge in [0.05, 0.1) is 6.10 Å². The van der Waals surface area contributed by atoms with Crippen molar-refractivity contribution in [3.63, 3.8) is 0 Å². The Morgan fingerprint density at radius 3 is 2.33 bits per heavy atom. The Bertz CT molecular complexity index is 190. The number of hydrogen-bond acceptors (Lipinski definition) is 3. The van der Waals surface area contributed by atoms with Crippen molar-refractivity contribution in [2.24, 2.45) is 5.73 Å². The lowest BCUT2D eigenvalue weighted by Crippen LogP contribution is -2.52. The maximum absolute atomic E-state index is 6.20. The van der Waals surface area contributed by atoms with Gasteiger partial charge in [-0.15, -0.1) is 0 Å². The monoisotopic (exact) mass is 212 g/mol. The van der Waals surface area contributed by atoms with Crippen LogP contribution in [0.1, 0.15) is 38.5 Å². The van der Waals surface area contributed by atoms with Gasteiger partial charge in [-0.3, -0.25) is 4.90 Å². The molecule has 2 rings (SSSR count). The fourth-order valence-corrected chi connectivity index (χ4v) is 3.04. The molecule has 2 N–H and O–H groups in total. The van der Waals surface area contributed by atoms with E-state index in [1.54, 1.807) is 0 Å². The fraction of sp³-hybridized carbons (Fsp3) is 1.00. The van der Waals surface area contributed by atoms with Crippen molar-refractivity contribution < 1.29 is 4.74 Å². The van der Waals surface area contributed by atoms with Gasteiger partial charge in [0.1, 0.15) is 0 Å². The van der Waals surface area contributed by atoms with Crippen LogP contribution >= 0.6 is 0 Å². The van der Waals surface area contributed by atoms with Crippen LogP contribution in [0.5, 0.6) is 0 Å². The number of rotatable bonds is 2. The second-order valence-corrected chi connectivity index (χ2v) is 4.99. The molecule has 3 heteroatoms. The quantitative estimate of drug-likeness (QED) is 0.751. The standard InChI is InChI=1S/C12H24N2O/c1-15-10-6-8-14(9-7-10)12-5-3-2-4-11(12)13/h10-12H,2-9,13H2,1H3/t11-,12+/m1/s1. The molecule has 88 valence electrons. The summed E-state index contributed by atoms with van der Waals surface area (Å²) >= 11 is 0. The normalized spacial score (nSPS) is 35.6. The van der Waals surface area contributed by atoms with E-state index in [4.69, 9.17) is 10.5 Å². The summed E-state index contributed by atoms with van der Waals surface area (Å²) in [5.74, 6) is 0. The van der Waals surface area contributed by atoms with Crippen LogP contribution in [-0.2, 0) is 4.74 Å². The zero-order valence-corrected chi connectivity index (χ0v) is 9.82. The summed E-state index contributed by atoms with van der Waals surface area (Å²) in [6, 6.07) is 1.06. The average molecular weight is 212 g/mol. The molecule has 0 aromatic heterocycles. The first-order valence-electron chi connectivity index (χ1n) is 6.33. The van der Waals surface area contributed by atoms with Crippen LogP contribution in [0.3, 0.4) is 0 Å². The van der Waals surface area contributed by atoms with E-state index < -0.39 is 0 Å². The molecule has 1 saturated heterocycles. The summed E-state index contributed by atoms with van der Waals surface area (Å²) in [5.41, 5.74) is 6.20. The summed E-state index contributed by atoms with van der Waals surface area (Å²) in [5, 5.41) is 0. The van der Waals surface area contributed by atoms with E-state index >= 15 is 0 Å². The highest BCUT2D eigenvalue weighted by Gasteiger charge is 2.30. The number of nitrogens with two attached hydrogens (primary N) is 1. The lowest BCUT2D eigenvalue weighted by molar-refractivity contribution is 0.0171. The Labute approximate surface area is 93.0 Å².